The number of nitriles is 1. The Morgan fingerprint density at radius 3 is 2.71 bits per heavy atom. The monoisotopic (exact) mass is 468 g/mol. The predicted molar refractivity (Wildman–Crippen MR) is 119 cm³/mol. The molecule has 1 aromatic heterocycles. The zero-order valence-corrected chi connectivity index (χ0v) is 18.6. The van der Waals surface area contributed by atoms with E-state index < -0.39 is 6.29 Å². The van der Waals surface area contributed by atoms with Crippen LogP contribution in [0.5, 0.6) is 11.5 Å². The Morgan fingerprint density at radius 2 is 1.94 bits per heavy atom. The van der Waals surface area contributed by atoms with Crippen molar-refractivity contribution in [2.75, 3.05) is 17.2 Å². The molecule has 0 spiro atoms. The number of anilines is 2. The Bertz CT molecular complexity index is 1150. The van der Waals surface area contributed by atoms with Gasteiger partial charge in [-0.1, -0.05) is 12.1 Å². The maximum Gasteiger partial charge on any atom is 0.586 e. The first-order valence-corrected chi connectivity index (χ1v) is 11.7. The summed E-state index contributed by atoms with van der Waals surface area (Å²) in [6, 6.07) is 7.18. The quantitative estimate of drug-likeness (QED) is 0.585. The van der Waals surface area contributed by atoms with Crippen molar-refractivity contribution in [3.8, 4) is 17.6 Å². The highest BCUT2D eigenvalue weighted by Crippen LogP contribution is 2.59. The molecular formula is C24H26F2N6O2. The van der Waals surface area contributed by atoms with Crippen LogP contribution in [-0.4, -0.2) is 28.8 Å². The van der Waals surface area contributed by atoms with Gasteiger partial charge in [-0.2, -0.15) is 10.2 Å². The van der Waals surface area contributed by atoms with Crippen LogP contribution in [0.15, 0.2) is 24.4 Å². The van der Waals surface area contributed by atoms with Gasteiger partial charge in [0.05, 0.1) is 6.20 Å². The Balaban J connectivity index is 1.16. The number of alkyl halides is 2. The maximum absolute atomic E-state index is 13.5. The summed E-state index contributed by atoms with van der Waals surface area (Å²) >= 11 is 0. The van der Waals surface area contributed by atoms with Crippen molar-refractivity contribution in [2.24, 2.45) is 28.9 Å². The van der Waals surface area contributed by atoms with Crippen molar-refractivity contribution in [3.05, 3.63) is 35.5 Å². The number of halogens is 2. The van der Waals surface area contributed by atoms with Crippen molar-refractivity contribution < 1.29 is 18.3 Å². The molecule has 0 amide bonds. The lowest BCUT2D eigenvalue weighted by Gasteiger charge is -2.59. The highest BCUT2D eigenvalue weighted by molar-refractivity contribution is 5.54. The van der Waals surface area contributed by atoms with Gasteiger partial charge in [0, 0.05) is 24.7 Å². The standard InChI is InChI=1S/C24H26F2N6O2/c25-24(26)33-18-3-1-2-14(20(18)34-24)10-29-22-30-11-17(9-27)21(32-22)31-12-23-6-13-4-15(7-23)19(28)16(5-13)8-23/h1-3,11,13,15-16,19H,4-8,10,12,28H2,(H2,29,30,31,32)/t13?,15-,16+,19?,23?. The largest absolute Gasteiger partial charge is 0.586 e. The fourth-order valence-corrected chi connectivity index (χ4v) is 6.74. The summed E-state index contributed by atoms with van der Waals surface area (Å²) in [5, 5.41) is 16.0. The summed E-state index contributed by atoms with van der Waals surface area (Å²) in [6.07, 6.45) is 3.72. The van der Waals surface area contributed by atoms with Crippen molar-refractivity contribution in [3.63, 3.8) is 0 Å². The van der Waals surface area contributed by atoms with E-state index in [1.165, 1.54) is 31.5 Å². The van der Waals surface area contributed by atoms with E-state index in [2.05, 4.69) is 36.1 Å². The number of fused-ring (bicyclic) bond motifs is 1. The van der Waals surface area contributed by atoms with Gasteiger partial charge in [-0.05, 0) is 61.3 Å². The third-order valence-electron chi connectivity index (χ3n) is 7.96. The number of ether oxygens (including phenoxy) is 2. The zero-order valence-electron chi connectivity index (χ0n) is 18.6. The van der Waals surface area contributed by atoms with Gasteiger partial charge < -0.3 is 25.8 Å². The van der Waals surface area contributed by atoms with Crippen LogP contribution >= 0.6 is 0 Å². The minimum absolute atomic E-state index is 0.00739. The van der Waals surface area contributed by atoms with Gasteiger partial charge in [-0.15, -0.1) is 8.78 Å². The Kier molecular flexibility index (Phi) is 4.81. The van der Waals surface area contributed by atoms with Crippen LogP contribution in [0.25, 0.3) is 0 Å². The normalized spacial score (nSPS) is 31.8. The number of hydrogen-bond acceptors (Lipinski definition) is 8. The summed E-state index contributed by atoms with van der Waals surface area (Å²) in [4.78, 5) is 8.72. The molecule has 4 bridgehead atoms. The first-order valence-electron chi connectivity index (χ1n) is 11.7. The van der Waals surface area contributed by atoms with Crippen LogP contribution in [0.3, 0.4) is 0 Å². The first-order chi connectivity index (χ1) is 16.3. The smallest absolute Gasteiger partial charge is 0.395 e. The summed E-state index contributed by atoms with van der Waals surface area (Å²) < 4.78 is 36.1. The van der Waals surface area contributed by atoms with Crippen molar-refractivity contribution >= 4 is 11.8 Å². The fourth-order valence-electron chi connectivity index (χ4n) is 6.74. The maximum atomic E-state index is 13.5. The molecule has 5 atom stereocenters. The Hall–Kier alpha value is -3.19. The van der Waals surface area contributed by atoms with Crippen LogP contribution in [0.4, 0.5) is 20.5 Å². The molecule has 1 aromatic carbocycles. The fraction of sp³-hybridized carbons (Fsp3) is 0.542. The molecule has 1 aliphatic heterocycles. The van der Waals surface area contributed by atoms with Crippen LogP contribution in [-0.2, 0) is 6.54 Å². The minimum Gasteiger partial charge on any atom is -0.395 e. The highest BCUT2D eigenvalue weighted by atomic mass is 19.3. The van der Waals surface area contributed by atoms with Gasteiger partial charge in [0.2, 0.25) is 5.95 Å². The molecule has 4 saturated carbocycles. The number of nitrogens with two attached hydrogens (primary N) is 1. The molecule has 10 heteroatoms. The molecule has 4 aliphatic carbocycles. The average Bonchev–Trinajstić information content (AvgIpc) is 3.13. The summed E-state index contributed by atoms with van der Waals surface area (Å²) in [7, 11) is 0. The van der Waals surface area contributed by atoms with Crippen LogP contribution in [0, 0.1) is 34.5 Å². The van der Waals surface area contributed by atoms with Gasteiger partial charge in [-0.25, -0.2) is 4.98 Å². The number of aromatic nitrogens is 2. The highest BCUT2D eigenvalue weighted by Gasteiger charge is 2.54. The molecule has 2 heterocycles. The number of benzene rings is 1. The van der Waals surface area contributed by atoms with Gasteiger partial charge >= 0.3 is 6.29 Å². The van der Waals surface area contributed by atoms with E-state index >= 15 is 0 Å². The van der Waals surface area contributed by atoms with Crippen molar-refractivity contribution in [1.82, 2.24) is 9.97 Å². The summed E-state index contributed by atoms with van der Waals surface area (Å²) in [5.41, 5.74) is 7.53. The van der Waals surface area contributed by atoms with E-state index in [1.54, 1.807) is 12.1 Å². The van der Waals surface area contributed by atoms with Crippen LogP contribution < -0.4 is 25.8 Å². The Labute approximate surface area is 195 Å². The molecule has 0 saturated heterocycles. The number of nitrogens with one attached hydrogen (secondary N) is 2. The lowest BCUT2D eigenvalue weighted by molar-refractivity contribution is -0.286. The van der Waals surface area contributed by atoms with E-state index in [0.717, 1.165) is 25.3 Å². The number of hydrogen-bond donors (Lipinski definition) is 3. The van der Waals surface area contributed by atoms with E-state index in [1.807, 2.05) is 0 Å². The lowest BCUT2D eigenvalue weighted by atomic mass is 9.48. The summed E-state index contributed by atoms with van der Waals surface area (Å²) in [6.45, 7) is 0.904. The molecule has 178 valence electrons. The molecule has 2 aromatic rings. The number of rotatable bonds is 6. The van der Waals surface area contributed by atoms with Crippen LogP contribution in [0.2, 0.25) is 0 Å². The minimum atomic E-state index is -3.68. The third kappa shape index (κ3) is 3.68. The summed E-state index contributed by atoms with van der Waals surface area (Å²) in [5.74, 6) is 2.69. The SMILES string of the molecule is N#Cc1cnc(NCc2cccc3c2OC(F)(F)O3)nc1NCC12CC3C[C@H](C1)C(N)[C@@H](C3)C2. The van der Waals surface area contributed by atoms with Gasteiger partial charge in [0.15, 0.2) is 11.5 Å². The second-order valence-corrected chi connectivity index (χ2v) is 10.2. The van der Waals surface area contributed by atoms with Crippen molar-refractivity contribution in [1.29, 1.82) is 5.26 Å². The molecule has 4 N–H and O–H groups in total. The molecule has 7 rings (SSSR count). The van der Waals surface area contributed by atoms with E-state index in [9.17, 15) is 14.0 Å². The molecule has 5 aliphatic rings. The molecule has 34 heavy (non-hydrogen) atoms. The van der Waals surface area contributed by atoms with Crippen molar-refractivity contribution in [2.45, 2.75) is 51.0 Å². The number of nitrogens with zero attached hydrogens (tertiary/aromatic N) is 3. The zero-order chi connectivity index (χ0) is 23.5. The Morgan fingerprint density at radius 1 is 1.15 bits per heavy atom. The van der Waals surface area contributed by atoms with E-state index in [0.29, 0.717) is 34.8 Å². The lowest BCUT2D eigenvalue weighted by Crippen LogP contribution is -2.58. The van der Waals surface area contributed by atoms with Gasteiger partial charge in [0.1, 0.15) is 17.5 Å². The number of para-hydroxylation sites is 1. The average molecular weight is 469 g/mol. The van der Waals surface area contributed by atoms with Gasteiger partial charge in [-0.3, -0.25) is 0 Å². The molecule has 4 fully saturated rings. The van der Waals surface area contributed by atoms with Gasteiger partial charge in [0.25, 0.3) is 0 Å². The predicted octanol–water partition coefficient (Wildman–Crippen LogP) is 3.85. The molecule has 8 nitrogen and oxygen atoms in total. The molecule has 0 radical (unpaired) electrons. The topological polar surface area (TPSA) is 118 Å². The second kappa shape index (κ2) is 7.67. The third-order valence-corrected chi connectivity index (χ3v) is 7.96. The van der Waals surface area contributed by atoms with E-state index in [-0.39, 0.29) is 29.4 Å². The van der Waals surface area contributed by atoms with Crippen LogP contribution in [0.1, 0.15) is 43.2 Å². The second-order valence-electron chi connectivity index (χ2n) is 10.2. The van der Waals surface area contributed by atoms with E-state index in [4.69, 9.17) is 5.73 Å². The molecule has 3 unspecified atom stereocenters. The first kappa shape index (κ1) is 21.4. The molecular weight excluding hydrogens is 442 g/mol.